The summed E-state index contributed by atoms with van der Waals surface area (Å²) in [6, 6.07) is 4.29. The van der Waals surface area contributed by atoms with E-state index in [1.54, 1.807) is 0 Å². The molecule has 0 bridgehead atoms. The standard InChI is InChI=1S/C10H14N2/c1-6-8(11)4-2-7-3-5-9(12)10(6)7/h2,4,9H,3,5,11-12H2,1H3/t9-/m0/s1. The van der Waals surface area contributed by atoms with Gasteiger partial charge in [-0.2, -0.15) is 0 Å². The number of aryl methyl sites for hydroxylation is 1. The van der Waals surface area contributed by atoms with Gasteiger partial charge < -0.3 is 11.5 Å². The minimum Gasteiger partial charge on any atom is -0.399 e. The van der Waals surface area contributed by atoms with Crippen LogP contribution in [0.25, 0.3) is 0 Å². The molecule has 2 heteroatoms. The highest BCUT2D eigenvalue weighted by molar-refractivity contribution is 5.55. The molecule has 0 saturated heterocycles. The minimum atomic E-state index is 0.212. The van der Waals surface area contributed by atoms with E-state index in [0.717, 1.165) is 18.5 Å². The average molecular weight is 162 g/mol. The predicted octanol–water partition coefficient (Wildman–Crippen LogP) is 1.52. The third-order valence-electron chi connectivity index (χ3n) is 2.74. The summed E-state index contributed by atoms with van der Waals surface area (Å²) in [4.78, 5) is 0. The van der Waals surface area contributed by atoms with Crippen molar-refractivity contribution in [3.05, 3.63) is 28.8 Å². The van der Waals surface area contributed by atoms with Gasteiger partial charge in [-0.3, -0.25) is 0 Å². The first-order valence-electron chi connectivity index (χ1n) is 4.33. The van der Waals surface area contributed by atoms with Gasteiger partial charge in [0.25, 0.3) is 0 Å². The number of nitrogen functional groups attached to an aromatic ring is 1. The Morgan fingerprint density at radius 1 is 1.42 bits per heavy atom. The number of nitrogens with two attached hydrogens (primary N) is 2. The van der Waals surface area contributed by atoms with Crippen LogP contribution in [0.5, 0.6) is 0 Å². The number of benzene rings is 1. The predicted molar refractivity (Wildman–Crippen MR) is 50.8 cm³/mol. The van der Waals surface area contributed by atoms with Crippen LogP contribution in [0.1, 0.15) is 29.2 Å². The maximum Gasteiger partial charge on any atom is 0.0347 e. The van der Waals surface area contributed by atoms with Crippen LogP contribution in [-0.4, -0.2) is 0 Å². The zero-order chi connectivity index (χ0) is 8.72. The highest BCUT2D eigenvalue weighted by Crippen LogP contribution is 2.34. The molecule has 0 radical (unpaired) electrons. The lowest BCUT2D eigenvalue weighted by Gasteiger charge is -2.10. The number of anilines is 1. The molecule has 0 fully saturated rings. The summed E-state index contributed by atoms with van der Waals surface area (Å²) < 4.78 is 0. The Morgan fingerprint density at radius 2 is 2.17 bits per heavy atom. The Balaban J connectivity index is 2.63. The molecule has 2 nitrogen and oxygen atoms in total. The smallest absolute Gasteiger partial charge is 0.0347 e. The molecule has 1 aromatic rings. The van der Waals surface area contributed by atoms with Gasteiger partial charge in [0.15, 0.2) is 0 Å². The summed E-state index contributed by atoms with van der Waals surface area (Å²) in [5.74, 6) is 0. The topological polar surface area (TPSA) is 52.0 Å². The molecule has 1 atom stereocenters. The number of fused-ring (bicyclic) bond motifs is 1. The number of hydrogen-bond donors (Lipinski definition) is 2. The van der Waals surface area contributed by atoms with Crippen LogP contribution < -0.4 is 11.5 Å². The number of rotatable bonds is 0. The SMILES string of the molecule is Cc1c(N)ccc2c1[C@@H](N)CC2. The molecule has 1 aliphatic carbocycles. The largest absolute Gasteiger partial charge is 0.399 e. The maximum absolute atomic E-state index is 5.96. The molecule has 0 unspecified atom stereocenters. The molecular weight excluding hydrogens is 148 g/mol. The minimum absolute atomic E-state index is 0.212. The first kappa shape index (κ1) is 7.62. The number of hydrogen-bond acceptors (Lipinski definition) is 2. The van der Waals surface area contributed by atoms with Crippen LogP contribution in [0.2, 0.25) is 0 Å². The maximum atomic E-state index is 5.96. The summed E-state index contributed by atoms with van der Waals surface area (Å²) in [5.41, 5.74) is 16.5. The van der Waals surface area contributed by atoms with E-state index in [1.807, 2.05) is 6.07 Å². The van der Waals surface area contributed by atoms with Gasteiger partial charge in [-0.05, 0) is 42.5 Å². The first-order chi connectivity index (χ1) is 5.70. The normalized spacial score (nSPS) is 21.0. The van der Waals surface area contributed by atoms with Gasteiger partial charge >= 0.3 is 0 Å². The molecule has 0 amide bonds. The zero-order valence-electron chi connectivity index (χ0n) is 7.30. The van der Waals surface area contributed by atoms with Crippen molar-refractivity contribution in [3.63, 3.8) is 0 Å². The van der Waals surface area contributed by atoms with Crippen LogP contribution in [-0.2, 0) is 6.42 Å². The second-order valence-electron chi connectivity index (χ2n) is 3.50. The summed E-state index contributed by atoms with van der Waals surface area (Å²) in [6.45, 7) is 2.05. The van der Waals surface area contributed by atoms with E-state index in [0.29, 0.717) is 0 Å². The molecule has 0 aromatic heterocycles. The lowest BCUT2D eigenvalue weighted by molar-refractivity contribution is 0.710. The van der Waals surface area contributed by atoms with Crippen LogP contribution in [0, 0.1) is 6.92 Å². The molecule has 4 N–H and O–H groups in total. The van der Waals surface area contributed by atoms with Crippen molar-refractivity contribution in [2.75, 3.05) is 5.73 Å². The van der Waals surface area contributed by atoms with Crippen molar-refractivity contribution >= 4 is 5.69 Å². The van der Waals surface area contributed by atoms with Gasteiger partial charge in [0.2, 0.25) is 0 Å². The fraction of sp³-hybridized carbons (Fsp3) is 0.400. The molecule has 0 saturated carbocycles. The Morgan fingerprint density at radius 3 is 2.92 bits per heavy atom. The van der Waals surface area contributed by atoms with Crippen molar-refractivity contribution in [2.24, 2.45) is 5.73 Å². The molecule has 12 heavy (non-hydrogen) atoms. The Labute approximate surface area is 72.6 Å². The molecule has 1 aliphatic rings. The van der Waals surface area contributed by atoms with Gasteiger partial charge in [0.05, 0.1) is 0 Å². The van der Waals surface area contributed by atoms with Gasteiger partial charge in [-0.25, -0.2) is 0 Å². The Hall–Kier alpha value is -1.02. The van der Waals surface area contributed by atoms with E-state index in [1.165, 1.54) is 16.7 Å². The molecule has 0 heterocycles. The van der Waals surface area contributed by atoms with Crippen molar-refractivity contribution in [3.8, 4) is 0 Å². The summed E-state index contributed by atoms with van der Waals surface area (Å²) in [5, 5.41) is 0. The third-order valence-corrected chi connectivity index (χ3v) is 2.74. The van der Waals surface area contributed by atoms with Gasteiger partial charge in [0, 0.05) is 11.7 Å². The molecular formula is C10H14N2. The quantitative estimate of drug-likeness (QED) is 0.568. The van der Waals surface area contributed by atoms with Crippen LogP contribution in [0.3, 0.4) is 0 Å². The average Bonchev–Trinajstić information content (AvgIpc) is 2.41. The van der Waals surface area contributed by atoms with Crippen LogP contribution in [0.15, 0.2) is 12.1 Å². The monoisotopic (exact) mass is 162 g/mol. The Bertz CT molecular complexity index is 318. The lowest BCUT2D eigenvalue weighted by atomic mass is 10.0. The molecule has 0 spiro atoms. The molecule has 64 valence electrons. The van der Waals surface area contributed by atoms with E-state index < -0.39 is 0 Å². The van der Waals surface area contributed by atoms with Gasteiger partial charge in [0.1, 0.15) is 0 Å². The second-order valence-corrected chi connectivity index (χ2v) is 3.50. The van der Waals surface area contributed by atoms with E-state index in [4.69, 9.17) is 11.5 Å². The Kier molecular flexibility index (Phi) is 1.58. The fourth-order valence-electron chi connectivity index (χ4n) is 1.99. The summed E-state index contributed by atoms with van der Waals surface area (Å²) in [7, 11) is 0. The highest BCUT2D eigenvalue weighted by Gasteiger charge is 2.21. The second kappa shape index (κ2) is 2.49. The van der Waals surface area contributed by atoms with E-state index in [9.17, 15) is 0 Å². The van der Waals surface area contributed by atoms with Crippen LogP contribution in [0.4, 0.5) is 5.69 Å². The van der Waals surface area contributed by atoms with E-state index in [2.05, 4.69) is 13.0 Å². The van der Waals surface area contributed by atoms with Crippen molar-refractivity contribution < 1.29 is 0 Å². The highest BCUT2D eigenvalue weighted by atomic mass is 14.7. The lowest BCUT2D eigenvalue weighted by Crippen LogP contribution is -2.08. The van der Waals surface area contributed by atoms with E-state index in [-0.39, 0.29) is 6.04 Å². The summed E-state index contributed by atoms with van der Waals surface area (Å²) in [6.07, 6.45) is 2.18. The zero-order valence-corrected chi connectivity index (χ0v) is 7.30. The van der Waals surface area contributed by atoms with Gasteiger partial charge in [-0.15, -0.1) is 0 Å². The first-order valence-corrected chi connectivity index (χ1v) is 4.33. The van der Waals surface area contributed by atoms with Crippen molar-refractivity contribution in [2.45, 2.75) is 25.8 Å². The van der Waals surface area contributed by atoms with E-state index >= 15 is 0 Å². The molecule has 0 aliphatic heterocycles. The van der Waals surface area contributed by atoms with Crippen LogP contribution >= 0.6 is 0 Å². The molecule has 1 aromatic carbocycles. The molecule has 2 rings (SSSR count). The third kappa shape index (κ3) is 0.916. The van der Waals surface area contributed by atoms with Crippen molar-refractivity contribution in [1.82, 2.24) is 0 Å². The van der Waals surface area contributed by atoms with Gasteiger partial charge in [-0.1, -0.05) is 6.07 Å². The summed E-state index contributed by atoms with van der Waals surface area (Å²) >= 11 is 0. The van der Waals surface area contributed by atoms with Crippen molar-refractivity contribution in [1.29, 1.82) is 0 Å². The fourth-order valence-corrected chi connectivity index (χ4v) is 1.99.